The maximum absolute atomic E-state index is 11.7. The number of methoxy groups -OCH3 is 2. The number of carbonyl (C=O) groups is 1. The molecule has 1 atom stereocenters. The zero-order valence-electron chi connectivity index (χ0n) is 13.4. The van der Waals surface area contributed by atoms with E-state index >= 15 is 0 Å². The van der Waals surface area contributed by atoms with Crippen molar-refractivity contribution >= 4 is 5.97 Å². The van der Waals surface area contributed by atoms with Crippen LogP contribution in [0.1, 0.15) is 5.56 Å². The Morgan fingerprint density at radius 2 is 1.91 bits per heavy atom. The van der Waals surface area contributed by atoms with E-state index in [1.165, 1.54) is 0 Å². The van der Waals surface area contributed by atoms with E-state index in [4.69, 9.17) is 9.47 Å². The van der Waals surface area contributed by atoms with Crippen molar-refractivity contribution in [1.82, 2.24) is 9.80 Å². The van der Waals surface area contributed by atoms with Crippen molar-refractivity contribution in [2.75, 3.05) is 47.4 Å². The van der Waals surface area contributed by atoms with Gasteiger partial charge in [-0.1, -0.05) is 0 Å². The lowest BCUT2D eigenvalue weighted by atomic mass is 10.0. The van der Waals surface area contributed by atoms with Crippen LogP contribution in [0.15, 0.2) is 18.2 Å². The Bertz CT molecular complexity index is 513. The summed E-state index contributed by atoms with van der Waals surface area (Å²) in [5.74, 6) is 0.605. The summed E-state index contributed by atoms with van der Waals surface area (Å²) in [5.41, 5.74) is 0.855. The van der Waals surface area contributed by atoms with E-state index < -0.39 is 12.0 Å². The van der Waals surface area contributed by atoms with Crippen LogP contribution in [0, 0.1) is 0 Å². The molecule has 1 N–H and O–H groups in total. The number of carboxylic acid groups (broad SMARTS) is 1. The molecule has 1 fully saturated rings. The van der Waals surface area contributed by atoms with Crippen molar-refractivity contribution < 1.29 is 19.4 Å². The smallest absolute Gasteiger partial charge is 0.321 e. The monoisotopic (exact) mass is 308 g/mol. The predicted octanol–water partition coefficient (Wildman–Crippen LogP) is 0.947. The molecular formula is C16H24N2O4. The number of aliphatic carboxylic acids is 1. The number of hydrogen-bond acceptors (Lipinski definition) is 5. The van der Waals surface area contributed by atoms with Crippen LogP contribution in [0.25, 0.3) is 0 Å². The van der Waals surface area contributed by atoms with Gasteiger partial charge in [-0.25, -0.2) is 0 Å². The van der Waals surface area contributed by atoms with E-state index in [0.717, 1.165) is 31.7 Å². The summed E-state index contributed by atoms with van der Waals surface area (Å²) in [6, 6.07) is 4.94. The number of carboxylic acids is 1. The van der Waals surface area contributed by atoms with Crippen LogP contribution in [0.3, 0.4) is 0 Å². The van der Waals surface area contributed by atoms with E-state index in [-0.39, 0.29) is 0 Å². The number of nitrogens with zero attached hydrogens (tertiary/aromatic N) is 2. The minimum atomic E-state index is -0.797. The van der Waals surface area contributed by atoms with Gasteiger partial charge in [0.1, 0.15) is 17.5 Å². The van der Waals surface area contributed by atoms with E-state index in [0.29, 0.717) is 17.9 Å². The largest absolute Gasteiger partial charge is 0.497 e. The van der Waals surface area contributed by atoms with E-state index in [9.17, 15) is 9.90 Å². The molecule has 0 bridgehead atoms. The maximum atomic E-state index is 11.7. The summed E-state index contributed by atoms with van der Waals surface area (Å²) in [6.45, 7) is 3.30. The van der Waals surface area contributed by atoms with Gasteiger partial charge in [0.15, 0.2) is 0 Å². The Hall–Kier alpha value is -1.79. The summed E-state index contributed by atoms with van der Waals surface area (Å²) in [5, 5.41) is 9.62. The first-order chi connectivity index (χ1) is 10.5. The lowest BCUT2D eigenvalue weighted by molar-refractivity contribution is -0.144. The van der Waals surface area contributed by atoms with Crippen LogP contribution in [0.4, 0.5) is 0 Å². The zero-order chi connectivity index (χ0) is 16.1. The van der Waals surface area contributed by atoms with Crippen LogP contribution >= 0.6 is 0 Å². The third kappa shape index (κ3) is 3.90. The van der Waals surface area contributed by atoms with Gasteiger partial charge in [-0.05, 0) is 30.8 Å². The molecule has 1 saturated heterocycles. The Labute approximate surface area is 131 Å². The number of likely N-dealkylation sites (N-methyl/N-ethyl adjacent to an activating group) is 1. The Morgan fingerprint density at radius 1 is 1.23 bits per heavy atom. The van der Waals surface area contributed by atoms with Gasteiger partial charge >= 0.3 is 5.97 Å². The molecule has 0 unspecified atom stereocenters. The van der Waals surface area contributed by atoms with Crippen LogP contribution in [-0.4, -0.2) is 74.4 Å². The molecule has 22 heavy (non-hydrogen) atoms. The predicted molar refractivity (Wildman–Crippen MR) is 83.7 cm³/mol. The van der Waals surface area contributed by atoms with Gasteiger partial charge < -0.3 is 19.5 Å². The molecule has 1 aromatic carbocycles. The standard InChI is InChI=1S/C16H24N2O4/c1-17-6-8-18(9-7-17)14(16(19)20)11-12-10-13(21-2)4-5-15(12)22-3/h4-5,10,14H,6-9,11H2,1-3H3,(H,19,20)/t14-/m1/s1. The Morgan fingerprint density at radius 3 is 2.45 bits per heavy atom. The minimum absolute atomic E-state index is 0.402. The molecule has 1 aromatic rings. The molecule has 0 saturated carbocycles. The van der Waals surface area contributed by atoms with Gasteiger partial charge in [-0.3, -0.25) is 9.69 Å². The van der Waals surface area contributed by atoms with Gasteiger partial charge in [-0.15, -0.1) is 0 Å². The normalized spacial score (nSPS) is 18.0. The third-order valence-electron chi connectivity index (χ3n) is 4.16. The first-order valence-electron chi connectivity index (χ1n) is 7.41. The second kappa shape index (κ2) is 7.47. The Kier molecular flexibility index (Phi) is 5.63. The van der Waals surface area contributed by atoms with Gasteiger partial charge in [0.2, 0.25) is 0 Å². The highest BCUT2D eigenvalue weighted by molar-refractivity contribution is 5.74. The fourth-order valence-electron chi connectivity index (χ4n) is 2.76. The summed E-state index contributed by atoms with van der Waals surface area (Å²) >= 11 is 0. The van der Waals surface area contributed by atoms with Crippen LogP contribution < -0.4 is 9.47 Å². The fraction of sp³-hybridized carbons (Fsp3) is 0.562. The van der Waals surface area contributed by atoms with Crippen molar-refractivity contribution in [2.45, 2.75) is 12.5 Å². The van der Waals surface area contributed by atoms with Gasteiger partial charge in [0.05, 0.1) is 14.2 Å². The van der Waals surface area contributed by atoms with E-state index in [2.05, 4.69) is 11.9 Å². The van der Waals surface area contributed by atoms with Crippen LogP contribution in [-0.2, 0) is 11.2 Å². The molecule has 122 valence electrons. The van der Waals surface area contributed by atoms with Gasteiger partial charge in [-0.2, -0.15) is 0 Å². The molecule has 1 aliphatic heterocycles. The van der Waals surface area contributed by atoms with Crippen molar-refractivity contribution in [3.63, 3.8) is 0 Å². The summed E-state index contributed by atoms with van der Waals surface area (Å²) < 4.78 is 10.6. The summed E-state index contributed by atoms with van der Waals surface area (Å²) in [4.78, 5) is 16.0. The highest BCUT2D eigenvalue weighted by Crippen LogP contribution is 2.26. The minimum Gasteiger partial charge on any atom is -0.497 e. The molecule has 0 aromatic heterocycles. The van der Waals surface area contributed by atoms with Crippen LogP contribution in [0.2, 0.25) is 0 Å². The van der Waals surface area contributed by atoms with Crippen LogP contribution in [0.5, 0.6) is 11.5 Å². The second-order valence-electron chi connectivity index (χ2n) is 5.58. The summed E-state index contributed by atoms with van der Waals surface area (Å²) in [6.07, 6.45) is 0.402. The number of ether oxygens (including phenoxy) is 2. The Balaban J connectivity index is 2.19. The average molecular weight is 308 g/mol. The van der Waals surface area contributed by atoms with E-state index in [1.54, 1.807) is 14.2 Å². The maximum Gasteiger partial charge on any atom is 0.321 e. The third-order valence-corrected chi connectivity index (χ3v) is 4.16. The lowest BCUT2D eigenvalue weighted by Crippen LogP contribution is -2.52. The van der Waals surface area contributed by atoms with Crippen molar-refractivity contribution in [3.8, 4) is 11.5 Å². The summed E-state index contributed by atoms with van der Waals surface area (Å²) in [7, 11) is 5.25. The topological polar surface area (TPSA) is 62.2 Å². The van der Waals surface area contributed by atoms with E-state index in [1.807, 2.05) is 23.1 Å². The number of rotatable bonds is 6. The molecule has 0 amide bonds. The average Bonchev–Trinajstić information content (AvgIpc) is 2.53. The van der Waals surface area contributed by atoms with Gasteiger partial charge in [0.25, 0.3) is 0 Å². The highest BCUT2D eigenvalue weighted by atomic mass is 16.5. The van der Waals surface area contributed by atoms with Gasteiger partial charge in [0, 0.05) is 32.6 Å². The zero-order valence-corrected chi connectivity index (χ0v) is 13.4. The lowest BCUT2D eigenvalue weighted by Gasteiger charge is -2.36. The quantitative estimate of drug-likeness (QED) is 0.844. The first kappa shape index (κ1) is 16.6. The molecule has 2 rings (SSSR count). The second-order valence-corrected chi connectivity index (χ2v) is 5.58. The van der Waals surface area contributed by atoms with Crippen molar-refractivity contribution in [2.24, 2.45) is 0 Å². The first-order valence-corrected chi connectivity index (χ1v) is 7.41. The number of benzene rings is 1. The number of piperazine rings is 1. The number of hydrogen-bond donors (Lipinski definition) is 1. The molecule has 1 aliphatic rings. The van der Waals surface area contributed by atoms with Crippen molar-refractivity contribution in [1.29, 1.82) is 0 Å². The molecule has 1 heterocycles. The highest BCUT2D eigenvalue weighted by Gasteiger charge is 2.29. The molecular weight excluding hydrogens is 284 g/mol. The van der Waals surface area contributed by atoms with Crippen molar-refractivity contribution in [3.05, 3.63) is 23.8 Å². The molecule has 6 heteroatoms. The molecule has 6 nitrogen and oxygen atoms in total. The molecule has 0 radical (unpaired) electrons. The molecule has 0 spiro atoms. The SMILES string of the molecule is COc1ccc(OC)c(C[C@H](C(=O)O)N2CCN(C)CC2)c1. The molecule has 0 aliphatic carbocycles. The fourth-order valence-corrected chi connectivity index (χ4v) is 2.76.